The molecule has 1 saturated carbocycles. The van der Waals surface area contributed by atoms with Crippen molar-refractivity contribution in [1.82, 2.24) is 5.32 Å². The average Bonchev–Trinajstić information content (AvgIpc) is 2.62. The van der Waals surface area contributed by atoms with Crippen LogP contribution in [0.1, 0.15) is 49.9 Å². The second kappa shape index (κ2) is 9.20. The molecule has 1 fully saturated rings. The molecule has 0 spiro atoms. The fourth-order valence-corrected chi connectivity index (χ4v) is 2.96. The minimum absolute atomic E-state index is 0.137. The topological polar surface area (TPSA) is 81.7 Å². The molecule has 0 heterocycles. The molecule has 0 bridgehead atoms. The van der Waals surface area contributed by atoms with Crippen molar-refractivity contribution in [3.05, 3.63) is 29.8 Å². The summed E-state index contributed by atoms with van der Waals surface area (Å²) in [6.45, 7) is 3.31. The summed E-state index contributed by atoms with van der Waals surface area (Å²) in [4.78, 5) is 35.0. The normalized spacial score (nSPS) is 21.0. The van der Waals surface area contributed by atoms with Gasteiger partial charge >= 0.3 is 5.97 Å². The van der Waals surface area contributed by atoms with Crippen LogP contribution in [-0.2, 0) is 14.3 Å². The third kappa shape index (κ3) is 5.59. The molecule has 1 aliphatic carbocycles. The Morgan fingerprint density at radius 3 is 2.72 bits per heavy atom. The van der Waals surface area contributed by atoms with Gasteiger partial charge in [-0.05, 0) is 37.8 Å². The summed E-state index contributed by atoms with van der Waals surface area (Å²) in [5.41, 5.74) is 0.354. The van der Waals surface area contributed by atoms with Gasteiger partial charge in [0.2, 0.25) is 0 Å². The number of ether oxygens (including phenoxy) is 2. The maximum Gasteiger partial charge on any atom is 0.344 e. The highest BCUT2D eigenvalue weighted by molar-refractivity contribution is 5.84. The van der Waals surface area contributed by atoms with Crippen LogP contribution in [0.2, 0.25) is 0 Å². The van der Waals surface area contributed by atoms with E-state index in [0.29, 0.717) is 23.5 Å². The molecule has 3 atom stereocenters. The molecule has 0 saturated heterocycles. The molecular weight excluding hydrogens is 322 g/mol. The van der Waals surface area contributed by atoms with E-state index in [0.717, 1.165) is 19.3 Å². The number of nitrogens with one attached hydrogen (secondary N) is 1. The van der Waals surface area contributed by atoms with Crippen LogP contribution < -0.4 is 10.1 Å². The third-order valence-corrected chi connectivity index (χ3v) is 4.51. The van der Waals surface area contributed by atoms with Crippen molar-refractivity contribution in [2.45, 2.75) is 51.7 Å². The molecule has 0 aliphatic heterocycles. The summed E-state index contributed by atoms with van der Waals surface area (Å²) in [6.07, 6.45) is 4.13. The van der Waals surface area contributed by atoms with Crippen LogP contribution in [0.4, 0.5) is 0 Å². The monoisotopic (exact) mass is 347 g/mol. The number of benzene rings is 1. The van der Waals surface area contributed by atoms with Crippen LogP contribution in [0, 0.1) is 5.92 Å². The van der Waals surface area contributed by atoms with E-state index in [9.17, 15) is 14.4 Å². The van der Waals surface area contributed by atoms with E-state index in [4.69, 9.17) is 9.47 Å². The first kappa shape index (κ1) is 19.0. The van der Waals surface area contributed by atoms with Gasteiger partial charge < -0.3 is 14.8 Å². The minimum Gasteiger partial charge on any atom is -0.481 e. The smallest absolute Gasteiger partial charge is 0.344 e. The summed E-state index contributed by atoms with van der Waals surface area (Å²) in [7, 11) is 0. The van der Waals surface area contributed by atoms with Gasteiger partial charge in [-0.1, -0.05) is 31.9 Å². The lowest BCUT2D eigenvalue weighted by Gasteiger charge is -2.30. The first-order chi connectivity index (χ1) is 12.0. The highest BCUT2D eigenvalue weighted by atomic mass is 16.6. The maximum atomic E-state index is 12.2. The van der Waals surface area contributed by atoms with Gasteiger partial charge in [-0.25, -0.2) is 4.79 Å². The Kier molecular flexibility index (Phi) is 6.98. The highest BCUT2D eigenvalue weighted by Crippen LogP contribution is 2.23. The molecular formula is C19H25NO5. The predicted molar refractivity (Wildman–Crippen MR) is 92.4 cm³/mol. The van der Waals surface area contributed by atoms with Gasteiger partial charge in [0.1, 0.15) is 5.75 Å². The number of aldehydes is 1. The largest absolute Gasteiger partial charge is 0.481 e. The summed E-state index contributed by atoms with van der Waals surface area (Å²) < 4.78 is 10.4. The molecule has 0 aromatic heterocycles. The molecule has 1 aromatic rings. The number of hydrogen-bond donors (Lipinski definition) is 1. The first-order valence-electron chi connectivity index (χ1n) is 8.68. The fraction of sp³-hybridized carbons (Fsp3) is 0.526. The van der Waals surface area contributed by atoms with E-state index in [2.05, 4.69) is 12.2 Å². The Balaban J connectivity index is 1.79. The maximum absolute atomic E-state index is 12.2. The Hall–Kier alpha value is -2.37. The second-order valence-corrected chi connectivity index (χ2v) is 6.45. The van der Waals surface area contributed by atoms with E-state index >= 15 is 0 Å². The number of carbonyl (C=O) groups excluding carboxylic acids is 3. The van der Waals surface area contributed by atoms with Crippen LogP contribution in [0.15, 0.2) is 24.3 Å². The number of amides is 1. The third-order valence-electron chi connectivity index (χ3n) is 4.51. The van der Waals surface area contributed by atoms with Crippen molar-refractivity contribution >= 4 is 18.2 Å². The molecule has 2 rings (SSSR count). The number of carbonyl (C=O) groups is 3. The van der Waals surface area contributed by atoms with E-state index in [1.165, 1.54) is 6.42 Å². The van der Waals surface area contributed by atoms with Crippen LogP contribution in [-0.4, -0.2) is 36.9 Å². The van der Waals surface area contributed by atoms with E-state index in [1.54, 1.807) is 31.2 Å². The van der Waals surface area contributed by atoms with Crippen molar-refractivity contribution < 1.29 is 23.9 Å². The summed E-state index contributed by atoms with van der Waals surface area (Å²) in [5, 5.41) is 2.96. The molecule has 136 valence electrons. The lowest BCUT2D eigenvalue weighted by atomic mass is 9.86. The van der Waals surface area contributed by atoms with Gasteiger partial charge in [0.25, 0.3) is 5.91 Å². The Morgan fingerprint density at radius 2 is 2.00 bits per heavy atom. The van der Waals surface area contributed by atoms with E-state index < -0.39 is 12.1 Å². The van der Waals surface area contributed by atoms with Gasteiger partial charge in [0.05, 0.1) is 5.56 Å². The zero-order valence-corrected chi connectivity index (χ0v) is 14.7. The van der Waals surface area contributed by atoms with Crippen molar-refractivity contribution in [2.75, 3.05) is 6.61 Å². The Bertz CT molecular complexity index is 616. The van der Waals surface area contributed by atoms with Crippen molar-refractivity contribution in [1.29, 1.82) is 0 Å². The predicted octanol–water partition coefficient (Wildman–Crippen LogP) is 2.50. The summed E-state index contributed by atoms with van der Waals surface area (Å²) >= 11 is 0. The van der Waals surface area contributed by atoms with Gasteiger partial charge in [-0.2, -0.15) is 0 Å². The molecule has 1 aromatic carbocycles. The second-order valence-electron chi connectivity index (χ2n) is 6.45. The van der Waals surface area contributed by atoms with Crippen molar-refractivity contribution in [3.63, 3.8) is 0 Å². The lowest BCUT2D eigenvalue weighted by Crippen LogP contribution is -2.46. The fourth-order valence-electron chi connectivity index (χ4n) is 2.96. The molecule has 6 heteroatoms. The number of esters is 1. The minimum atomic E-state index is -0.883. The first-order valence-corrected chi connectivity index (χ1v) is 8.68. The van der Waals surface area contributed by atoms with Crippen LogP contribution in [0.25, 0.3) is 0 Å². The lowest BCUT2D eigenvalue weighted by molar-refractivity contribution is -0.157. The SMILES string of the molecule is C[C@@H](OC(=O)COc1ccccc1C=O)C(=O)N[C@H]1CCCC[C@@H]1C. The van der Waals surface area contributed by atoms with E-state index in [-0.39, 0.29) is 18.6 Å². The Morgan fingerprint density at radius 1 is 1.28 bits per heavy atom. The van der Waals surface area contributed by atoms with E-state index in [1.807, 2.05) is 0 Å². The number of para-hydroxylation sites is 1. The molecule has 0 radical (unpaired) electrons. The zero-order chi connectivity index (χ0) is 18.2. The Labute approximate surface area is 147 Å². The molecule has 1 aliphatic rings. The van der Waals surface area contributed by atoms with Gasteiger partial charge in [-0.3, -0.25) is 9.59 Å². The molecule has 6 nitrogen and oxygen atoms in total. The van der Waals surface area contributed by atoms with Crippen LogP contribution in [0.5, 0.6) is 5.75 Å². The molecule has 25 heavy (non-hydrogen) atoms. The summed E-state index contributed by atoms with van der Waals surface area (Å²) in [6, 6.07) is 6.73. The van der Waals surface area contributed by atoms with Crippen molar-refractivity contribution in [2.24, 2.45) is 5.92 Å². The molecule has 1 amide bonds. The van der Waals surface area contributed by atoms with Crippen LogP contribution >= 0.6 is 0 Å². The standard InChI is InChI=1S/C19H25NO5/c1-13-7-3-5-9-16(13)20-19(23)14(2)25-18(22)12-24-17-10-6-4-8-15(17)11-21/h4,6,8,10-11,13-14,16H,3,5,7,9,12H2,1-2H3,(H,20,23)/t13-,14+,16-/m0/s1. The number of hydrogen-bond acceptors (Lipinski definition) is 5. The van der Waals surface area contributed by atoms with Crippen molar-refractivity contribution in [3.8, 4) is 5.75 Å². The highest BCUT2D eigenvalue weighted by Gasteiger charge is 2.26. The average molecular weight is 347 g/mol. The van der Waals surface area contributed by atoms with Crippen LogP contribution in [0.3, 0.4) is 0 Å². The molecule has 1 N–H and O–H groups in total. The summed E-state index contributed by atoms with van der Waals surface area (Å²) in [5.74, 6) is -0.202. The van der Waals surface area contributed by atoms with Gasteiger partial charge in [-0.15, -0.1) is 0 Å². The quantitative estimate of drug-likeness (QED) is 0.605. The number of rotatable bonds is 7. The van der Waals surface area contributed by atoms with Gasteiger partial charge in [0, 0.05) is 6.04 Å². The molecule has 0 unspecified atom stereocenters. The zero-order valence-electron chi connectivity index (χ0n) is 14.7. The van der Waals surface area contributed by atoms with Gasteiger partial charge in [0.15, 0.2) is 19.0 Å².